The predicted molar refractivity (Wildman–Crippen MR) is 121 cm³/mol. The molecule has 6 N–H and O–H groups in total. The molecule has 1 rings (SSSR count). The number of aliphatic hydroxyl groups excluding tert-OH is 1. The first-order chi connectivity index (χ1) is 17.0. The van der Waals surface area contributed by atoms with E-state index in [0.717, 1.165) is 5.32 Å². The standard InChI is InChI=1S/C22H31F5N4O6/c1-11(2)15(17(32)22(26,27)20(35)29-10-21(23,24)25)30-19(34)16(31-18(33)14(28)9-36-3)12-5-7-13(37-4)8-6-12/h5-8,11,14-17,32H,9-10,28H2,1-4H3,(H,29,35)(H,30,34)(H,31,33). The third kappa shape index (κ3) is 9.40. The van der Waals surface area contributed by atoms with Crippen molar-refractivity contribution in [2.75, 3.05) is 27.4 Å². The van der Waals surface area contributed by atoms with Crippen LogP contribution in [0.5, 0.6) is 5.75 Å². The van der Waals surface area contributed by atoms with Crippen LogP contribution in [0.15, 0.2) is 24.3 Å². The summed E-state index contributed by atoms with van der Waals surface area (Å²) in [5.41, 5.74) is 5.88. The van der Waals surface area contributed by atoms with Crippen molar-refractivity contribution in [3.8, 4) is 5.75 Å². The first kappa shape index (κ1) is 32.0. The number of hydrogen-bond donors (Lipinski definition) is 5. The van der Waals surface area contributed by atoms with Gasteiger partial charge in [0.05, 0.1) is 19.8 Å². The molecule has 0 saturated carbocycles. The Morgan fingerprint density at radius 1 is 1.00 bits per heavy atom. The van der Waals surface area contributed by atoms with Gasteiger partial charge in [0.2, 0.25) is 11.8 Å². The van der Waals surface area contributed by atoms with Crippen molar-refractivity contribution in [1.29, 1.82) is 0 Å². The molecule has 0 saturated heterocycles. The molecule has 0 aliphatic heterocycles. The van der Waals surface area contributed by atoms with Gasteiger partial charge in [0, 0.05) is 7.11 Å². The van der Waals surface area contributed by atoms with Gasteiger partial charge in [-0.1, -0.05) is 26.0 Å². The second-order valence-electron chi connectivity index (χ2n) is 8.42. The number of nitrogens with one attached hydrogen (secondary N) is 3. The molecule has 0 heterocycles. The Balaban J connectivity index is 3.22. The summed E-state index contributed by atoms with van der Waals surface area (Å²) < 4.78 is 76.0. The zero-order valence-corrected chi connectivity index (χ0v) is 20.6. The van der Waals surface area contributed by atoms with Crippen molar-refractivity contribution in [2.24, 2.45) is 11.7 Å². The van der Waals surface area contributed by atoms with Crippen molar-refractivity contribution in [1.82, 2.24) is 16.0 Å². The lowest BCUT2D eigenvalue weighted by Crippen LogP contribution is -2.60. The minimum absolute atomic E-state index is 0.183. The maximum absolute atomic E-state index is 14.6. The number of methoxy groups -OCH3 is 2. The lowest BCUT2D eigenvalue weighted by atomic mass is 9.93. The van der Waals surface area contributed by atoms with E-state index in [-0.39, 0.29) is 12.2 Å². The van der Waals surface area contributed by atoms with Crippen LogP contribution in [0.2, 0.25) is 0 Å². The van der Waals surface area contributed by atoms with Gasteiger partial charge in [-0.25, -0.2) is 0 Å². The molecule has 0 radical (unpaired) electrons. The number of alkyl halides is 5. The van der Waals surface area contributed by atoms with E-state index < -0.39 is 66.5 Å². The average Bonchev–Trinajstić information content (AvgIpc) is 2.83. The van der Waals surface area contributed by atoms with Gasteiger partial charge in [-0.3, -0.25) is 14.4 Å². The first-order valence-corrected chi connectivity index (χ1v) is 10.9. The molecule has 0 bridgehead atoms. The van der Waals surface area contributed by atoms with E-state index in [1.165, 1.54) is 52.3 Å². The van der Waals surface area contributed by atoms with E-state index in [9.17, 15) is 41.4 Å². The molecule has 4 atom stereocenters. The van der Waals surface area contributed by atoms with Crippen molar-refractivity contribution in [2.45, 2.75) is 50.2 Å². The Kier molecular flexibility index (Phi) is 11.7. The van der Waals surface area contributed by atoms with Gasteiger partial charge in [0.15, 0.2) is 0 Å². The molecule has 1 aromatic rings. The Hall–Kier alpha value is -3.04. The minimum Gasteiger partial charge on any atom is -0.497 e. The molecule has 3 amide bonds. The molecule has 1 aromatic carbocycles. The van der Waals surface area contributed by atoms with E-state index in [4.69, 9.17) is 15.2 Å². The van der Waals surface area contributed by atoms with E-state index in [2.05, 4.69) is 10.6 Å². The molecular formula is C22H31F5N4O6. The van der Waals surface area contributed by atoms with Crippen molar-refractivity contribution >= 4 is 17.7 Å². The summed E-state index contributed by atoms with van der Waals surface area (Å²) in [7, 11) is 2.69. The van der Waals surface area contributed by atoms with Crippen LogP contribution < -0.4 is 26.4 Å². The highest BCUT2D eigenvalue weighted by Gasteiger charge is 2.52. The van der Waals surface area contributed by atoms with E-state index >= 15 is 0 Å². The van der Waals surface area contributed by atoms with Crippen LogP contribution in [-0.4, -0.2) is 80.5 Å². The number of carbonyl (C=O) groups is 3. The smallest absolute Gasteiger partial charge is 0.405 e. The van der Waals surface area contributed by atoms with Crippen LogP contribution in [-0.2, 0) is 19.1 Å². The third-order valence-corrected chi connectivity index (χ3v) is 5.17. The monoisotopic (exact) mass is 542 g/mol. The maximum Gasteiger partial charge on any atom is 0.405 e. The highest BCUT2D eigenvalue weighted by Crippen LogP contribution is 2.26. The van der Waals surface area contributed by atoms with E-state index in [1.54, 1.807) is 0 Å². The highest BCUT2D eigenvalue weighted by atomic mass is 19.4. The molecular weight excluding hydrogens is 511 g/mol. The average molecular weight is 543 g/mol. The quantitative estimate of drug-likeness (QED) is 0.230. The first-order valence-electron chi connectivity index (χ1n) is 10.9. The van der Waals surface area contributed by atoms with Gasteiger partial charge < -0.3 is 36.3 Å². The number of carbonyl (C=O) groups excluding carboxylic acids is 3. The second-order valence-corrected chi connectivity index (χ2v) is 8.42. The molecule has 37 heavy (non-hydrogen) atoms. The Bertz CT molecular complexity index is 914. The number of rotatable bonds is 13. The lowest BCUT2D eigenvalue weighted by molar-refractivity contribution is -0.175. The molecule has 0 fully saturated rings. The van der Waals surface area contributed by atoms with Gasteiger partial charge >= 0.3 is 12.1 Å². The Morgan fingerprint density at radius 2 is 1.57 bits per heavy atom. The molecule has 0 spiro atoms. The number of benzene rings is 1. The van der Waals surface area contributed by atoms with Gasteiger partial charge in [0.1, 0.15) is 30.5 Å². The summed E-state index contributed by atoms with van der Waals surface area (Å²) in [6, 6.07) is 1.24. The largest absolute Gasteiger partial charge is 0.497 e. The fraction of sp³-hybridized carbons (Fsp3) is 0.591. The molecule has 210 valence electrons. The Labute approximate surface area is 210 Å². The van der Waals surface area contributed by atoms with E-state index in [1.807, 2.05) is 0 Å². The number of hydrogen-bond acceptors (Lipinski definition) is 7. The highest BCUT2D eigenvalue weighted by molar-refractivity contribution is 5.91. The topological polar surface area (TPSA) is 152 Å². The zero-order chi connectivity index (χ0) is 28.6. The molecule has 0 aromatic heterocycles. The number of aliphatic hydroxyl groups is 1. The summed E-state index contributed by atoms with van der Waals surface area (Å²) in [6.07, 6.45) is -7.87. The molecule has 0 aliphatic rings. The summed E-state index contributed by atoms with van der Waals surface area (Å²) in [6.45, 7) is 0.413. The van der Waals surface area contributed by atoms with Crippen molar-refractivity contribution in [3.63, 3.8) is 0 Å². The van der Waals surface area contributed by atoms with Crippen molar-refractivity contribution in [3.05, 3.63) is 29.8 Å². The van der Waals surface area contributed by atoms with E-state index in [0.29, 0.717) is 5.75 Å². The zero-order valence-electron chi connectivity index (χ0n) is 20.6. The molecule has 15 heteroatoms. The van der Waals surface area contributed by atoms with Crippen LogP contribution in [0.4, 0.5) is 22.0 Å². The molecule has 0 aliphatic carbocycles. The molecule has 10 nitrogen and oxygen atoms in total. The predicted octanol–water partition coefficient (Wildman–Crippen LogP) is 0.642. The summed E-state index contributed by atoms with van der Waals surface area (Å²) in [4.78, 5) is 37.4. The van der Waals surface area contributed by atoms with Crippen LogP contribution in [0, 0.1) is 5.92 Å². The van der Waals surface area contributed by atoms with Gasteiger partial charge in [0.25, 0.3) is 5.91 Å². The Morgan fingerprint density at radius 3 is 2.03 bits per heavy atom. The number of ether oxygens (including phenoxy) is 2. The van der Waals surface area contributed by atoms with Gasteiger partial charge in [-0.2, -0.15) is 22.0 Å². The number of nitrogens with two attached hydrogens (primary N) is 1. The fourth-order valence-electron chi connectivity index (χ4n) is 3.12. The van der Waals surface area contributed by atoms with Crippen LogP contribution in [0.25, 0.3) is 0 Å². The SMILES string of the molecule is COCC(N)C(=O)NC(C(=O)NC(C(C)C)C(O)C(F)(F)C(=O)NCC(F)(F)F)c1ccc(OC)cc1. The fourth-order valence-corrected chi connectivity index (χ4v) is 3.12. The summed E-state index contributed by atoms with van der Waals surface area (Å²) in [5, 5.41) is 15.8. The van der Waals surface area contributed by atoms with Crippen LogP contribution in [0.3, 0.4) is 0 Å². The van der Waals surface area contributed by atoms with Crippen molar-refractivity contribution < 1.29 is 50.9 Å². The minimum atomic E-state index is -4.96. The lowest BCUT2D eigenvalue weighted by Gasteiger charge is -2.33. The molecule has 4 unspecified atom stereocenters. The third-order valence-electron chi connectivity index (χ3n) is 5.17. The normalized spacial score (nSPS) is 15.4. The van der Waals surface area contributed by atoms with Gasteiger partial charge in [-0.05, 0) is 23.6 Å². The van der Waals surface area contributed by atoms with Crippen LogP contribution in [0.1, 0.15) is 25.5 Å². The number of amides is 3. The van der Waals surface area contributed by atoms with Gasteiger partial charge in [-0.15, -0.1) is 0 Å². The maximum atomic E-state index is 14.6. The van der Waals surface area contributed by atoms with Crippen LogP contribution >= 0.6 is 0 Å². The summed E-state index contributed by atoms with van der Waals surface area (Å²) >= 11 is 0. The number of halogens is 5. The summed E-state index contributed by atoms with van der Waals surface area (Å²) in [5.74, 6) is -9.48. The second kappa shape index (κ2) is 13.5.